The second-order valence-corrected chi connectivity index (χ2v) is 3.25. The molecule has 2 rings (SSSR count). The Morgan fingerprint density at radius 3 is 2.71 bits per heavy atom. The van der Waals surface area contributed by atoms with Crippen LogP contribution in [0, 0.1) is 0 Å². The number of hydrogen-bond acceptors (Lipinski definition) is 1. The van der Waals surface area contributed by atoms with Crippen molar-refractivity contribution in [2.45, 2.75) is 12.8 Å². The van der Waals surface area contributed by atoms with Crippen LogP contribution in [0.1, 0.15) is 17.5 Å². The molecular weight excluding hydrogens is 183 g/mol. The quantitative estimate of drug-likeness (QED) is 0.693. The number of halogens is 1. The van der Waals surface area contributed by atoms with Crippen molar-refractivity contribution in [1.29, 1.82) is 0 Å². The van der Waals surface area contributed by atoms with Gasteiger partial charge in [0.2, 0.25) is 5.83 Å². The lowest BCUT2D eigenvalue weighted by Gasteiger charge is -2.00. The highest BCUT2D eigenvalue weighted by molar-refractivity contribution is 5.95. The first-order valence-corrected chi connectivity index (χ1v) is 4.40. The van der Waals surface area contributed by atoms with Crippen LogP contribution in [0.2, 0.25) is 0 Å². The first-order chi connectivity index (χ1) is 6.70. The SMILES string of the molecule is O=C(O)/C(F)=C1/CCc2ccccc21. The van der Waals surface area contributed by atoms with E-state index in [0.29, 0.717) is 12.0 Å². The highest BCUT2D eigenvalue weighted by atomic mass is 19.1. The molecule has 0 fully saturated rings. The molecule has 0 aliphatic heterocycles. The lowest BCUT2D eigenvalue weighted by Crippen LogP contribution is -1.97. The van der Waals surface area contributed by atoms with Crippen LogP contribution in [-0.2, 0) is 11.2 Å². The van der Waals surface area contributed by atoms with Gasteiger partial charge < -0.3 is 5.11 Å². The van der Waals surface area contributed by atoms with Crippen LogP contribution in [-0.4, -0.2) is 11.1 Å². The molecule has 0 radical (unpaired) electrons. The van der Waals surface area contributed by atoms with Crippen molar-refractivity contribution in [3.05, 3.63) is 41.2 Å². The zero-order valence-corrected chi connectivity index (χ0v) is 7.46. The predicted molar refractivity (Wildman–Crippen MR) is 50.4 cm³/mol. The average Bonchev–Trinajstić information content (AvgIpc) is 2.60. The fraction of sp³-hybridized carbons (Fsp3) is 0.182. The maximum atomic E-state index is 13.2. The minimum Gasteiger partial charge on any atom is -0.476 e. The van der Waals surface area contributed by atoms with Gasteiger partial charge in [0.25, 0.3) is 0 Å². The van der Waals surface area contributed by atoms with E-state index in [1.54, 1.807) is 12.1 Å². The Morgan fingerprint density at radius 2 is 2.00 bits per heavy atom. The topological polar surface area (TPSA) is 37.3 Å². The second kappa shape index (κ2) is 3.25. The number of fused-ring (bicyclic) bond motifs is 1. The van der Waals surface area contributed by atoms with Crippen LogP contribution >= 0.6 is 0 Å². The van der Waals surface area contributed by atoms with Gasteiger partial charge in [-0.2, -0.15) is 4.39 Å². The van der Waals surface area contributed by atoms with E-state index in [2.05, 4.69) is 0 Å². The Bertz CT molecular complexity index is 421. The zero-order valence-electron chi connectivity index (χ0n) is 7.46. The molecule has 0 spiro atoms. The van der Waals surface area contributed by atoms with Crippen LogP contribution in [0.3, 0.4) is 0 Å². The molecule has 0 heterocycles. The number of carboxylic acids is 1. The smallest absolute Gasteiger partial charge is 0.365 e. The first-order valence-electron chi connectivity index (χ1n) is 4.40. The molecule has 1 aromatic carbocycles. The molecule has 0 bridgehead atoms. The number of rotatable bonds is 1. The third kappa shape index (κ3) is 1.31. The Morgan fingerprint density at radius 1 is 1.29 bits per heavy atom. The van der Waals surface area contributed by atoms with Gasteiger partial charge in [-0.15, -0.1) is 0 Å². The number of aliphatic carboxylic acids is 1. The summed E-state index contributed by atoms with van der Waals surface area (Å²) in [5, 5.41) is 8.54. The molecule has 0 saturated heterocycles. The average molecular weight is 192 g/mol. The fourth-order valence-corrected chi connectivity index (χ4v) is 1.78. The minimum atomic E-state index is -1.48. The van der Waals surface area contributed by atoms with Crippen LogP contribution in [0.25, 0.3) is 5.57 Å². The zero-order chi connectivity index (χ0) is 10.1. The van der Waals surface area contributed by atoms with E-state index in [-0.39, 0.29) is 0 Å². The van der Waals surface area contributed by atoms with Crippen molar-refractivity contribution >= 4 is 11.5 Å². The highest BCUT2D eigenvalue weighted by Gasteiger charge is 2.22. The lowest BCUT2D eigenvalue weighted by atomic mass is 10.1. The van der Waals surface area contributed by atoms with Crippen molar-refractivity contribution in [2.24, 2.45) is 0 Å². The monoisotopic (exact) mass is 192 g/mol. The molecule has 2 nitrogen and oxygen atoms in total. The van der Waals surface area contributed by atoms with Crippen LogP contribution in [0.5, 0.6) is 0 Å². The number of hydrogen-bond donors (Lipinski definition) is 1. The summed E-state index contributed by atoms with van der Waals surface area (Å²) in [7, 11) is 0. The van der Waals surface area contributed by atoms with Gasteiger partial charge in [-0.1, -0.05) is 24.3 Å². The standard InChI is InChI=1S/C11H9FO2/c12-10(11(13)14)9-6-5-7-3-1-2-4-8(7)9/h1-4H,5-6H2,(H,13,14)/b10-9+. The number of aryl methyl sites for hydroxylation is 1. The van der Waals surface area contributed by atoms with E-state index in [1.165, 1.54) is 0 Å². The van der Waals surface area contributed by atoms with E-state index < -0.39 is 11.8 Å². The summed E-state index contributed by atoms with van der Waals surface area (Å²) < 4.78 is 13.2. The van der Waals surface area contributed by atoms with Crippen molar-refractivity contribution in [3.8, 4) is 0 Å². The predicted octanol–water partition coefficient (Wildman–Crippen LogP) is 2.40. The molecule has 0 aromatic heterocycles. The van der Waals surface area contributed by atoms with Crippen LogP contribution in [0.4, 0.5) is 4.39 Å². The number of carboxylic acid groups (broad SMARTS) is 1. The third-order valence-corrected chi connectivity index (χ3v) is 2.44. The van der Waals surface area contributed by atoms with Gasteiger partial charge in [0, 0.05) is 5.57 Å². The molecule has 1 aliphatic carbocycles. The van der Waals surface area contributed by atoms with E-state index in [9.17, 15) is 9.18 Å². The number of carbonyl (C=O) groups is 1. The Hall–Kier alpha value is -1.64. The normalized spacial score (nSPS) is 17.8. The van der Waals surface area contributed by atoms with Crippen LogP contribution < -0.4 is 0 Å². The van der Waals surface area contributed by atoms with E-state index in [4.69, 9.17) is 5.11 Å². The van der Waals surface area contributed by atoms with Crippen molar-refractivity contribution in [3.63, 3.8) is 0 Å². The van der Waals surface area contributed by atoms with Crippen molar-refractivity contribution < 1.29 is 14.3 Å². The van der Waals surface area contributed by atoms with Gasteiger partial charge in [0.15, 0.2) is 0 Å². The Labute approximate surface area is 80.7 Å². The second-order valence-electron chi connectivity index (χ2n) is 3.25. The van der Waals surface area contributed by atoms with E-state index >= 15 is 0 Å². The Balaban J connectivity index is 2.54. The van der Waals surface area contributed by atoms with Crippen molar-refractivity contribution in [1.82, 2.24) is 0 Å². The summed E-state index contributed by atoms with van der Waals surface area (Å²) in [6.07, 6.45) is 1.21. The molecule has 72 valence electrons. The Kier molecular flexibility index (Phi) is 2.08. The van der Waals surface area contributed by atoms with Crippen LogP contribution in [0.15, 0.2) is 30.1 Å². The molecule has 1 N–H and O–H groups in total. The lowest BCUT2D eigenvalue weighted by molar-refractivity contribution is -0.134. The van der Waals surface area contributed by atoms with Gasteiger partial charge in [0.05, 0.1) is 0 Å². The summed E-state index contributed by atoms with van der Waals surface area (Å²) in [6.45, 7) is 0. The van der Waals surface area contributed by atoms with E-state index in [0.717, 1.165) is 17.5 Å². The molecule has 3 heteroatoms. The summed E-state index contributed by atoms with van der Waals surface area (Å²) >= 11 is 0. The maximum absolute atomic E-state index is 13.2. The van der Waals surface area contributed by atoms with Gasteiger partial charge in [-0.3, -0.25) is 0 Å². The summed E-state index contributed by atoms with van der Waals surface area (Å²) in [5.74, 6) is -2.49. The molecule has 0 atom stereocenters. The van der Waals surface area contributed by atoms with Gasteiger partial charge in [0.1, 0.15) is 0 Å². The van der Waals surface area contributed by atoms with Gasteiger partial charge in [-0.25, -0.2) is 4.79 Å². The largest absolute Gasteiger partial charge is 0.476 e. The molecule has 0 unspecified atom stereocenters. The number of allylic oxidation sites excluding steroid dienone is 1. The maximum Gasteiger partial charge on any atom is 0.365 e. The third-order valence-electron chi connectivity index (χ3n) is 2.44. The van der Waals surface area contributed by atoms with Gasteiger partial charge in [-0.05, 0) is 24.0 Å². The molecular formula is C11H9FO2. The fourth-order valence-electron chi connectivity index (χ4n) is 1.78. The summed E-state index contributed by atoms with van der Waals surface area (Å²) in [5.41, 5.74) is 2.10. The van der Waals surface area contributed by atoms with E-state index in [1.807, 2.05) is 12.1 Å². The molecule has 1 aliphatic rings. The number of benzene rings is 1. The highest BCUT2D eigenvalue weighted by Crippen LogP contribution is 2.34. The molecule has 0 amide bonds. The molecule has 0 saturated carbocycles. The summed E-state index contributed by atoms with van der Waals surface area (Å²) in [6, 6.07) is 7.33. The first kappa shape index (κ1) is 8.94. The van der Waals surface area contributed by atoms with Crippen molar-refractivity contribution in [2.75, 3.05) is 0 Å². The van der Waals surface area contributed by atoms with Gasteiger partial charge >= 0.3 is 5.97 Å². The minimum absolute atomic E-state index is 0.327. The summed E-state index contributed by atoms with van der Waals surface area (Å²) in [4.78, 5) is 10.5. The molecule has 1 aromatic rings. The molecule has 14 heavy (non-hydrogen) atoms.